The zero-order chi connectivity index (χ0) is 20.2. The predicted molar refractivity (Wildman–Crippen MR) is 117 cm³/mol. The van der Waals surface area contributed by atoms with E-state index in [1.54, 1.807) is 12.1 Å². The van der Waals surface area contributed by atoms with E-state index in [4.69, 9.17) is 0 Å². The SMILES string of the molecule is Cc1c(C(=O)N(CCc2cccc(F)c2)C2CCCC2)nnn1C1CCNCC1.Cl. The van der Waals surface area contributed by atoms with Gasteiger partial charge in [-0.1, -0.05) is 30.2 Å². The summed E-state index contributed by atoms with van der Waals surface area (Å²) >= 11 is 0. The molecule has 1 amide bonds. The Morgan fingerprint density at radius 1 is 1.23 bits per heavy atom. The Bertz CT molecular complexity index is 846. The molecular formula is C22H31ClFN5O. The van der Waals surface area contributed by atoms with E-state index in [-0.39, 0.29) is 30.2 Å². The Balaban J connectivity index is 0.00000256. The summed E-state index contributed by atoms with van der Waals surface area (Å²) in [6.45, 7) is 4.46. The Hall–Kier alpha value is -1.99. The van der Waals surface area contributed by atoms with E-state index in [1.165, 1.54) is 6.07 Å². The number of hydrogen-bond donors (Lipinski definition) is 1. The van der Waals surface area contributed by atoms with Gasteiger partial charge in [0.15, 0.2) is 5.69 Å². The molecular weight excluding hydrogens is 405 g/mol. The van der Waals surface area contributed by atoms with E-state index in [1.807, 2.05) is 22.6 Å². The molecule has 1 aromatic heterocycles. The van der Waals surface area contributed by atoms with Crippen LogP contribution in [0.2, 0.25) is 0 Å². The average Bonchev–Trinajstić information content (AvgIpc) is 3.39. The standard InChI is InChI=1S/C22H30FN5O.ClH/c1-16-21(25-26-28(16)20-9-12-24-13-10-20)22(29)27(19-7-2-3-8-19)14-11-17-5-4-6-18(23)15-17;/h4-6,15,19-20,24H,2-3,7-14H2,1H3;1H. The summed E-state index contributed by atoms with van der Waals surface area (Å²) in [6.07, 6.45) is 6.99. The van der Waals surface area contributed by atoms with E-state index in [0.717, 1.165) is 62.9 Å². The summed E-state index contributed by atoms with van der Waals surface area (Å²) in [5, 5.41) is 12.0. The van der Waals surface area contributed by atoms with Gasteiger partial charge in [0.05, 0.1) is 11.7 Å². The van der Waals surface area contributed by atoms with Crippen LogP contribution in [0.5, 0.6) is 0 Å². The first-order valence-corrected chi connectivity index (χ1v) is 10.8. The van der Waals surface area contributed by atoms with Gasteiger partial charge in [-0.25, -0.2) is 9.07 Å². The van der Waals surface area contributed by atoms with E-state index >= 15 is 0 Å². The highest BCUT2D eigenvalue weighted by atomic mass is 35.5. The predicted octanol–water partition coefficient (Wildman–Crippen LogP) is 3.70. The minimum Gasteiger partial charge on any atom is -0.334 e. The largest absolute Gasteiger partial charge is 0.334 e. The number of amides is 1. The third-order valence-corrected chi connectivity index (χ3v) is 6.34. The van der Waals surface area contributed by atoms with Crippen molar-refractivity contribution in [2.75, 3.05) is 19.6 Å². The molecule has 1 saturated carbocycles. The van der Waals surface area contributed by atoms with Crippen LogP contribution in [0.3, 0.4) is 0 Å². The second kappa shape index (κ2) is 10.4. The Morgan fingerprint density at radius 3 is 2.67 bits per heavy atom. The molecule has 6 nitrogen and oxygen atoms in total. The third-order valence-electron chi connectivity index (χ3n) is 6.34. The smallest absolute Gasteiger partial charge is 0.276 e. The molecule has 164 valence electrons. The number of rotatable bonds is 6. The van der Waals surface area contributed by atoms with Gasteiger partial charge >= 0.3 is 0 Å². The summed E-state index contributed by atoms with van der Waals surface area (Å²) < 4.78 is 15.5. The first-order chi connectivity index (χ1) is 14.1. The van der Waals surface area contributed by atoms with Crippen molar-refractivity contribution in [3.63, 3.8) is 0 Å². The monoisotopic (exact) mass is 435 g/mol. The second-order valence-corrected chi connectivity index (χ2v) is 8.27. The highest BCUT2D eigenvalue weighted by Gasteiger charge is 2.31. The number of hydrogen-bond acceptors (Lipinski definition) is 4. The van der Waals surface area contributed by atoms with E-state index in [0.29, 0.717) is 24.7 Å². The molecule has 0 spiro atoms. The molecule has 2 fully saturated rings. The molecule has 4 rings (SSSR count). The lowest BCUT2D eigenvalue weighted by Gasteiger charge is -2.29. The van der Waals surface area contributed by atoms with Crippen molar-refractivity contribution in [3.8, 4) is 0 Å². The Labute approximate surface area is 183 Å². The number of nitrogens with zero attached hydrogens (tertiary/aromatic N) is 4. The highest BCUT2D eigenvalue weighted by molar-refractivity contribution is 5.93. The summed E-state index contributed by atoms with van der Waals surface area (Å²) in [7, 11) is 0. The molecule has 0 bridgehead atoms. The fraction of sp³-hybridized carbons (Fsp3) is 0.591. The lowest BCUT2D eigenvalue weighted by atomic mass is 10.1. The molecule has 2 aromatic rings. The van der Waals surface area contributed by atoms with Gasteiger partial charge in [-0.15, -0.1) is 17.5 Å². The molecule has 1 saturated heterocycles. The van der Waals surface area contributed by atoms with Gasteiger partial charge in [0, 0.05) is 12.6 Å². The van der Waals surface area contributed by atoms with E-state index in [9.17, 15) is 9.18 Å². The van der Waals surface area contributed by atoms with Crippen LogP contribution < -0.4 is 5.32 Å². The van der Waals surface area contributed by atoms with Crippen molar-refractivity contribution in [2.24, 2.45) is 0 Å². The van der Waals surface area contributed by atoms with Crippen LogP contribution >= 0.6 is 12.4 Å². The molecule has 1 aliphatic heterocycles. The summed E-state index contributed by atoms with van der Waals surface area (Å²) in [6, 6.07) is 7.18. The highest BCUT2D eigenvalue weighted by Crippen LogP contribution is 2.27. The third kappa shape index (κ3) is 5.01. The topological polar surface area (TPSA) is 63.1 Å². The molecule has 0 unspecified atom stereocenters. The van der Waals surface area contributed by atoms with Crippen molar-refractivity contribution in [1.82, 2.24) is 25.2 Å². The molecule has 2 aliphatic rings. The van der Waals surface area contributed by atoms with Crippen molar-refractivity contribution < 1.29 is 9.18 Å². The number of carbonyl (C=O) groups excluding carboxylic acids is 1. The first kappa shape index (κ1) is 22.7. The van der Waals surface area contributed by atoms with Gasteiger partial charge in [0.25, 0.3) is 5.91 Å². The van der Waals surface area contributed by atoms with E-state index < -0.39 is 0 Å². The lowest BCUT2D eigenvalue weighted by Crippen LogP contribution is -2.40. The zero-order valence-corrected chi connectivity index (χ0v) is 18.3. The molecule has 8 heteroatoms. The average molecular weight is 436 g/mol. The molecule has 2 heterocycles. The minimum absolute atomic E-state index is 0. The van der Waals surface area contributed by atoms with Gasteiger partial charge in [0.1, 0.15) is 5.82 Å². The van der Waals surface area contributed by atoms with Crippen molar-refractivity contribution in [2.45, 2.75) is 64.0 Å². The maximum Gasteiger partial charge on any atom is 0.276 e. The number of carbonyl (C=O) groups is 1. The number of piperidine rings is 1. The Morgan fingerprint density at radius 2 is 1.97 bits per heavy atom. The Kier molecular flexibility index (Phi) is 7.83. The first-order valence-electron chi connectivity index (χ1n) is 10.8. The van der Waals surface area contributed by atoms with Gasteiger partial charge in [-0.05, 0) is 69.8 Å². The fourth-order valence-corrected chi connectivity index (χ4v) is 4.68. The van der Waals surface area contributed by atoms with E-state index in [2.05, 4.69) is 15.6 Å². The summed E-state index contributed by atoms with van der Waals surface area (Å²) in [5.41, 5.74) is 2.24. The zero-order valence-electron chi connectivity index (χ0n) is 17.5. The van der Waals surface area contributed by atoms with Gasteiger partial charge in [-0.2, -0.15) is 0 Å². The van der Waals surface area contributed by atoms with Crippen LogP contribution in [0, 0.1) is 12.7 Å². The maximum atomic E-state index is 13.5. The molecule has 0 radical (unpaired) electrons. The normalized spacial score (nSPS) is 17.7. The van der Waals surface area contributed by atoms with Crippen LogP contribution in [0.1, 0.15) is 66.3 Å². The van der Waals surface area contributed by atoms with Crippen LogP contribution in [0.25, 0.3) is 0 Å². The van der Waals surface area contributed by atoms with Crippen LogP contribution in [0.15, 0.2) is 24.3 Å². The summed E-state index contributed by atoms with van der Waals surface area (Å²) in [5.74, 6) is -0.270. The fourth-order valence-electron chi connectivity index (χ4n) is 4.68. The molecule has 1 aliphatic carbocycles. The number of aromatic nitrogens is 3. The number of benzene rings is 1. The van der Waals surface area contributed by atoms with Gasteiger partial charge in [-0.3, -0.25) is 4.79 Å². The van der Waals surface area contributed by atoms with Crippen molar-refractivity contribution in [3.05, 3.63) is 47.0 Å². The van der Waals surface area contributed by atoms with Gasteiger partial charge < -0.3 is 10.2 Å². The maximum absolute atomic E-state index is 13.5. The minimum atomic E-state index is -0.234. The number of halogens is 2. The molecule has 30 heavy (non-hydrogen) atoms. The molecule has 0 atom stereocenters. The molecule has 1 N–H and O–H groups in total. The van der Waals surface area contributed by atoms with Crippen LogP contribution in [0.4, 0.5) is 4.39 Å². The van der Waals surface area contributed by atoms with Crippen LogP contribution in [-0.4, -0.2) is 51.5 Å². The van der Waals surface area contributed by atoms with Crippen LogP contribution in [-0.2, 0) is 6.42 Å². The van der Waals surface area contributed by atoms with Crippen molar-refractivity contribution >= 4 is 18.3 Å². The lowest BCUT2D eigenvalue weighted by molar-refractivity contribution is 0.0677. The molecule has 1 aromatic carbocycles. The number of nitrogens with one attached hydrogen (secondary N) is 1. The van der Waals surface area contributed by atoms with Crippen molar-refractivity contribution in [1.29, 1.82) is 0 Å². The second-order valence-electron chi connectivity index (χ2n) is 8.27. The quantitative estimate of drug-likeness (QED) is 0.751. The summed E-state index contributed by atoms with van der Waals surface area (Å²) in [4.78, 5) is 15.4. The van der Waals surface area contributed by atoms with Gasteiger partial charge in [0.2, 0.25) is 0 Å².